The molecule has 7 heteroatoms. The van der Waals surface area contributed by atoms with Gasteiger partial charge in [-0.2, -0.15) is 0 Å². The van der Waals surface area contributed by atoms with Gasteiger partial charge < -0.3 is 5.32 Å². The van der Waals surface area contributed by atoms with Crippen LogP contribution in [0, 0.1) is 12.7 Å². The lowest BCUT2D eigenvalue weighted by molar-refractivity contribution is -0.121. The molecular weight excluding hydrogens is 335 g/mol. The summed E-state index contributed by atoms with van der Waals surface area (Å²) >= 11 is 0. The van der Waals surface area contributed by atoms with Crippen molar-refractivity contribution in [2.45, 2.75) is 38.6 Å². The molecule has 0 bridgehead atoms. The number of aromatic amines is 1. The highest BCUT2D eigenvalue weighted by Gasteiger charge is 2.23. The molecule has 3 aromatic rings. The van der Waals surface area contributed by atoms with Gasteiger partial charge in [-0.15, -0.1) is 0 Å². The molecule has 0 saturated heterocycles. The van der Waals surface area contributed by atoms with E-state index in [1.807, 2.05) is 0 Å². The number of aromatic nitrogens is 3. The highest BCUT2D eigenvalue weighted by atomic mass is 19.1. The summed E-state index contributed by atoms with van der Waals surface area (Å²) in [5.41, 5.74) is 3.04. The van der Waals surface area contributed by atoms with E-state index < -0.39 is 0 Å². The number of carbonyl (C=O) groups is 1. The molecule has 6 nitrogen and oxygen atoms in total. The van der Waals surface area contributed by atoms with E-state index in [-0.39, 0.29) is 29.7 Å². The summed E-state index contributed by atoms with van der Waals surface area (Å²) in [7, 11) is 0. The van der Waals surface area contributed by atoms with Crippen LogP contribution in [0.4, 0.5) is 4.39 Å². The van der Waals surface area contributed by atoms with Crippen LogP contribution in [0.1, 0.15) is 41.3 Å². The fourth-order valence-electron chi connectivity index (χ4n) is 3.64. The fraction of sp³-hybridized carbons (Fsp3) is 0.316. The molecule has 0 saturated carbocycles. The molecule has 0 fully saturated rings. The van der Waals surface area contributed by atoms with E-state index in [0.29, 0.717) is 16.9 Å². The molecule has 134 valence electrons. The van der Waals surface area contributed by atoms with Crippen molar-refractivity contribution in [3.8, 4) is 0 Å². The molecule has 26 heavy (non-hydrogen) atoms. The van der Waals surface area contributed by atoms with Crippen molar-refractivity contribution in [1.82, 2.24) is 19.9 Å². The molecule has 0 radical (unpaired) electrons. The van der Waals surface area contributed by atoms with Gasteiger partial charge in [-0.1, -0.05) is 6.07 Å². The van der Waals surface area contributed by atoms with Gasteiger partial charge >= 0.3 is 0 Å². The van der Waals surface area contributed by atoms with Crippen LogP contribution < -0.4 is 10.9 Å². The number of H-pyrrole nitrogens is 1. The summed E-state index contributed by atoms with van der Waals surface area (Å²) in [6, 6.07) is 6.19. The van der Waals surface area contributed by atoms with Gasteiger partial charge in [-0.3, -0.25) is 14.7 Å². The highest BCUT2D eigenvalue weighted by Crippen LogP contribution is 2.30. The summed E-state index contributed by atoms with van der Waals surface area (Å²) < 4.78 is 14.9. The van der Waals surface area contributed by atoms with E-state index in [2.05, 4.69) is 15.4 Å². The van der Waals surface area contributed by atoms with Crippen LogP contribution in [0.15, 0.2) is 35.3 Å². The molecule has 2 N–H and O–H groups in total. The van der Waals surface area contributed by atoms with Gasteiger partial charge in [0, 0.05) is 23.5 Å². The second-order valence-electron chi connectivity index (χ2n) is 6.67. The number of amides is 1. The first-order valence-electron chi connectivity index (χ1n) is 8.66. The number of nitrogens with zero attached hydrogens (tertiary/aromatic N) is 2. The molecule has 1 atom stereocenters. The van der Waals surface area contributed by atoms with Crippen LogP contribution >= 0.6 is 0 Å². The maximum absolute atomic E-state index is 13.6. The zero-order valence-corrected chi connectivity index (χ0v) is 14.4. The Morgan fingerprint density at radius 2 is 2.27 bits per heavy atom. The van der Waals surface area contributed by atoms with Crippen LogP contribution in [-0.4, -0.2) is 20.5 Å². The van der Waals surface area contributed by atoms with E-state index in [1.165, 1.54) is 16.6 Å². The first-order chi connectivity index (χ1) is 12.5. The third kappa shape index (κ3) is 2.89. The SMILES string of the molecule is Cc1nc2cc[nH]n2c(=O)c1CC(=O)N[C@H]1CCCc2ccc(F)cc21. The van der Waals surface area contributed by atoms with Crippen molar-refractivity contribution in [2.24, 2.45) is 0 Å². The van der Waals surface area contributed by atoms with E-state index >= 15 is 0 Å². The summed E-state index contributed by atoms with van der Waals surface area (Å²) in [5.74, 6) is -0.569. The highest BCUT2D eigenvalue weighted by molar-refractivity contribution is 5.79. The van der Waals surface area contributed by atoms with Crippen molar-refractivity contribution in [3.63, 3.8) is 0 Å². The molecule has 4 rings (SSSR count). The average Bonchev–Trinajstić information content (AvgIpc) is 3.07. The van der Waals surface area contributed by atoms with Crippen LogP contribution in [0.5, 0.6) is 0 Å². The number of nitrogens with one attached hydrogen (secondary N) is 2. The fourth-order valence-corrected chi connectivity index (χ4v) is 3.64. The van der Waals surface area contributed by atoms with Gasteiger partial charge in [0.1, 0.15) is 5.82 Å². The Hall–Kier alpha value is -2.96. The van der Waals surface area contributed by atoms with Gasteiger partial charge in [-0.05, 0) is 49.4 Å². The van der Waals surface area contributed by atoms with E-state index in [0.717, 1.165) is 30.4 Å². The molecular formula is C19H19FN4O2. The maximum atomic E-state index is 13.6. The molecule has 1 aliphatic rings. The summed E-state index contributed by atoms with van der Waals surface area (Å²) in [4.78, 5) is 29.5. The third-order valence-electron chi connectivity index (χ3n) is 4.94. The summed E-state index contributed by atoms with van der Waals surface area (Å²) in [6.07, 6.45) is 4.15. The number of aryl methyl sites for hydroxylation is 2. The zero-order valence-electron chi connectivity index (χ0n) is 14.4. The number of benzene rings is 1. The van der Waals surface area contributed by atoms with Crippen molar-refractivity contribution in [1.29, 1.82) is 0 Å². The molecule has 1 aromatic carbocycles. The largest absolute Gasteiger partial charge is 0.349 e. The Labute approximate surface area is 149 Å². The standard InChI is InChI=1S/C19H19FN4O2/c1-11-14(19(26)24-17(22-11)7-8-21-24)10-18(25)23-16-4-2-3-12-5-6-13(20)9-15(12)16/h5-9,16,21H,2-4,10H2,1H3,(H,23,25)/t16-/m0/s1. The van der Waals surface area contributed by atoms with Gasteiger partial charge in [0.25, 0.3) is 5.56 Å². The minimum absolute atomic E-state index is 0.0548. The maximum Gasteiger partial charge on any atom is 0.276 e. The molecule has 0 spiro atoms. The summed E-state index contributed by atoms with van der Waals surface area (Å²) in [5, 5.41) is 5.75. The van der Waals surface area contributed by atoms with Gasteiger partial charge in [0.2, 0.25) is 5.91 Å². The van der Waals surface area contributed by atoms with Crippen molar-refractivity contribution >= 4 is 11.6 Å². The molecule has 2 aromatic heterocycles. The molecule has 0 aliphatic heterocycles. The number of hydrogen-bond acceptors (Lipinski definition) is 3. The number of halogens is 1. The number of rotatable bonds is 3. The van der Waals surface area contributed by atoms with Crippen LogP contribution in [-0.2, 0) is 17.6 Å². The minimum Gasteiger partial charge on any atom is -0.349 e. The van der Waals surface area contributed by atoms with Crippen LogP contribution in [0.25, 0.3) is 5.65 Å². The Morgan fingerprint density at radius 1 is 1.42 bits per heavy atom. The van der Waals surface area contributed by atoms with Gasteiger partial charge in [0.05, 0.1) is 12.5 Å². The predicted octanol–water partition coefficient (Wildman–Crippen LogP) is 2.21. The Balaban J connectivity index is 1.58. The van der Waals surface area contributed by atoms with Gasteiger partial charge in [0.15, 0.2) is 5.65 Å². The lowest BCUT2D eigenvalue weighted by atomic mass is 9.87. The number of hydrogen-bond donors (Lipinski definition) is 2. The smallest absolute Gasteiger partial charge is 0.276 e. The quantitative estimate of drug-likeness (QED) is 0.757. The number of fused-ring (bicyclic) bond motifs is 2. The van der Waals surface area contributed by atoms with Gasteiger partial charge in [-0.25, -0.2) is 13.9 Å². The van der Waals surface area contributed by atoms with Crippen molar-refractivity contribution < 1.29 is 9.18 Å². The second kappa shape index (κ2) is 6.40. The van der Waals surface area contributed by atoms with Crippen molar-refractivity contribution in [2.75, 3.05) is 0 Å². The lowest BCUT2D eigenvalue weighted by Crippen LogP contribution is -2.34. The Kier molecular flexibility index (Phi) is 4.06. The topological polar surface area (TPSA) is 79.3 Å². The van der Waals surface area contributed by atoms with Crippen LogP contribution in [0.3, 0.4) is 0 Å². The van der Waals surface area contributed by atoms with Crippen LogP contribution in [0.2, 0.25) is 0 Å². The molecule has 2 heterocycles. The zero-order chi connectivity index (χ0) is 18.3. The average molecular weight is 354 g/mol. The Morgan fingerprint density at radius 3 is 3.12 bits per heavy atom. The summed E-state index contributed by atoms with van der Waals surface area (Å²) in [6.45, 7) is 1.72. The van der Waals surface area contributed by atoms with E-state index in [9.17, 15) is 14.0 Å². The second-order valence-corrected chi connectivity index (χ2v) is 6.67. The molecule has 0 unspecified atom stereocenters. The molecule has 1 amide bonds. The predicted molar refractivity (Wildman–Crippen MR) is 94.5 cm³/mol. The first kappa shape index (κ1) is 16.5. The molecule has 1 aliphatic carbocycles. The number of carbonyl (C=O) groups excluding carboxylic acids is 1. The lowest BCUT2D eigenvalue weighted by Gasteiger charge is -2.26. The minimum atomic E-state index is -0.305. The monoisotopic (exact) mass is 354 g/mol. The normalized spacial score (nSPS) is 16.5. The Bertz CT molecular complexity index is 1050. The van der Waals surface area contributed by atoms with Crippen molar-refractivity contribution in [3.05, 3.63) is 69.0 Å². The van der Waals surface area contributed by atoms with E-state index in [1.54, 1.807) is 25.3 Å². The van der Waals surface area contributed by atoms with E-state index in [4.69, 9.17) is 0 Å². The first-order valence-corrected chi connectivity index (χ1v) is 8.66. The third-order valence-corrected chi connectivity index (χ3v) is 4.94.